The SMILES string of the molecule is CC1CCc2ncnc(N3CCC4(CC3)CNc3cccc(CN)c34)c21. The zero-order chi connectivity index (χ0) is 17.7. The molecule has 1 saturated heterocycles. The van der Waals surface area contributed by atoms with E-state index < -0.39 is 0 Å². The molecule has 26 heavy (non-hydrogen) atoms. The standard InChI is InChI=1S/C21H27N5/c1-14-5-6-16-18(14)20(25-13-24-16)26-9-7-21(8-10-26)12-23-17-4-2-3-15(11-22)19(17)21/h2-4,13-14,23H,5-12,22H2,1H3. The summed E-state index contributed by atoms with van der Waals surface area (Å²) in [6.07, 6.45) is 6.36. The summed E-state index contributed by atoms with van der Waals surface area (Å²) in [5.74, 6) is 1.77. The fraction of sp³-hybridized carbons (Fsp3) is 0.524. The van der Waals surface area contributed by atoms with Gasteiger partial charge in [-0.3, -0.25) is 0 Å². The van der Waals surface area contributed by atoms with Crippen LogP contribution in [0.2, 0.25) is 0 Å². The highest BCUT2D eigenvalue weighted by atomic mass is 15.2. The molecule has 1 aromatic heterocycles. The van der Waals surface area contributed by atoms with Crippen LogP contribution in [0.25, 0.3) is 0 Å². The van der Waals surface area contributed by atoms with E-state index in [0.717, 1.165) is 38.9 Å². The fourth-order valence-electron chi connectivity index (χ4n) is 5.34. The average Bonchev–Trinajstić information content (AvgIpc) is 3.24. The maximum Gasteiger partial charge on any atom is 0.135 e. The van der Waals surface area contributed by atoms with Crippen molar-refractivity contribution in [3.8, 4) is 0 Å². The summed E-state index contributed by atoms with van der Waals surface area (Å²) >= 11 is 0. The van der Waals surface area contributed by atoms with Gasteiger partial charge in [-0.15, -0.1) is 0 Å². The first-order chi connectivity index (χ1) is 12.7. The predicted molar refractivity (Wildman–Crippen MR) is 105 cm³/mol. The molecule has 1 spiro atoms. The summed E-state index contributed by atoms with van der Waals surface area (Å²) in [5.41, 5.74) is 13.0. The number of aryl methyl sites for hydroxylation is 1. The summed E-state index contributed by atoms with van der Waals surface area (Å²) in [5, 5.41) is 3.64. The van der Waals surface area contributed by atoms with Gasteiger partial charge < -0.3 is 16.0 Å². The summed E-state index contributed by atoms with van der Waals surface area (Å²) < 4.78 is 0. The molecule has 5 heteroatoms. The molecule has 1 fully saturated rings. The molecule has 0 saturated carbocycles. The van der Waals surface area contributed by atoms with E-state index in [1.807, 2.05) is 0 Å². The monoisotopic (exact) mass is 349 g/mol. The van der Waals surface area contributed by atoms with Crippen molar-refractivity contribution in [2.75, 3.05) is 29.9 Å². The molecule has 3 aliphatic rings. The quantitative estimate of drug-likeness (QED) is 0.872. The van der Waals surface area contributed by atoms with E-state index in [0.29, 0.717) is 12.5 Å². The van der Waals surface area contributed by atoms with Crippen molar-refractivity contribution in [2.24, 2.45) is 5.73 Å². The van der Waals surface area contributed by atoms with E-state index in [9.17, 15) is 0 Å². The van der Waals surface area contributed by atoms with Crippen molar-refractivity contribution in [3.05, 3.63) is 46.9 Å². The third-order valence-electron chi connectivity index (χ3n) is 6.79. The zero-order valence-electron chi connectivity index (χ0n) is 15.5. The topological polar surface area (TPSA) is 67.1 Å². The molecule has 0 radical (unpaired) electrons. The number of aromatic nitrogens is 2. The van der Waals surface area contributed by atoms with Crippen molar-refractivity contribution >= 4 is 11.5 Å². The second-order valence-electron chi connectivity index (χ2n) is 8.16. The number of piperidine rings is 1. The molecular formula is C21H27N5. The van der Waals surface area contributed by atoms with E-state index in [2.05, 4.69) is 40.3 Å². The molecule has 2 aliphatic heterocycles. The first-order valence-electron chi connectivity index (χ1n) is 9.87. The number of rotatable bonds is 2. The molecule has 3 N–H and O–H groups in total. The zero-order valence-corrected chi connectivity index (χ0v) is 15.5. The molecule has 1 unspecified atom stereocenters. The highest BCUT2D eigenvalue weighted by Gasteiger charge is 2.43. The van der Waals surface area contributed by atoms with E-state index in [1.165, 1.54) is 40.3 Å². The van der Waals surface area contributed by atoms with Gasteiger partial charge in [-0.2, -0.15) is 0 Å². The van der Waals surface area contributed by atoms with Gasteiger partial charge in [0.05, 0.1) is 0 Å². The largest absolute Gasteiger partial charge is 0.384 e. The number of nitrogens with one attached hydrogen (secondary N) is 1. The minimum atomic E-state index is 0.226. The number of nitrogens with zero attached hydrogens (tertiary/aromatic N) is 3. The molecule has 5 rings (SSSR count). The molecule has 136 valence electrons. The van der Waals surface area contributed by atoms with Gasteiger partial charge in [-0.1, -0.05) is 19.1 Å². The molecule has 1 atom stereocenters. The van der Waals surface area contributed by atoms with Gasteiger partial charge in [0, 0.05) is 48.5 Å². The molecule has 0 amide bonds. The second kappa shape index (κ2) is 5.95. The van der Waals surface area contributed by atoms with Crippen molar-refractivity contribution in [1.29, 1.82) is 0 Å². The van der Waals surface area contributed by atoms with Crippen molar-refractivity contribution < 1.29 is 0 Å². The lowest BCUT2D eigenvalue weighted by atomic mass is 9.72. The molecular weight excluding hydrogens is 322 g/mol. The lowest BCUT2D eigenvalue weighted by Crippen LogP contribution is -2.45. The predicted octanol–water partition coefficient (Wildman–Crippen LogP) is 2.95. The van der Waals surface area contributed by atoms with Gasteiger partial charge in [0.1, 0.15) is 12.1 Å². The molecule has 1 aliphatic carbocycles. The smallest absolute Gasteiger partial charge is 0.135 e. The Labute approximate surface area is 155 Å². The van der Waals surface area contributed by atoms with Crippen LogP contribution in [0.3, 0.4) is 0 Å². The van der Waals surface area contributed by atoms with Crippen LogP contribution in [0.15, 0.2) is 24.5 Å². The number of hydrogen-bond donors (Lipinski definition) is 2. The van der Waals surface area contributed by atoms with Gasteiger partial charge in [0.2, 0.25) is 0 Å². The van der Waals surface area contributed by atoms with Crippen molar-refractivity contribution in [3.63, 3.8) is 0 Å². The molecule has 5 nitrogen and oxygen atoms in total. The summed E-state index contributed by atoms with van der Waals surface area (Å²) in [6, 6.07) is 6.52. The minimum Gasteiger partial charge on any atom is -0.384 e. The lowest BCUT2D eigenvalue weighted by Gasteiger charge is -2.41. The Kier molecular flexibility index (Phi) is 3.67. The summed E-state index contributed by atoms with van der Waals surface area (Å²) in [4.78, 5) is 11.7. The van der Waals surface area contributed by atoms with Crippen LogP contribution in [0, 0.1) is 0 Å². The number of nitrogens with two attached hydrogens (primary N) is 1. The highest BCUT2D eigenvalue weighted by molar-refractivity contribution is 5.64. The maximum absolute atomic E-state index is 6.05. The van der Waals surface area contributed by atoms with E-state index in [1.54, 1.807) is 6.33 Å². The fourth-order valence-corrected chi connectivity index (χ4v) is 5.34. The van der Waals surface area contributed by atoms with E-state index in [4.69, 9.17) is 10.7 Å². The van der Waals surface area contributed by atoms with Crippen LogP contribution in [-0.2, 0) is 18.4 Å². The highest BCUT2D eigenvalue weighted by Crippen LogP contribution is 2.47. The van der Waals surface area contributed by atoms with Crippen LogP contribution < -0.4 is 16.0 Å². The Morgan fingerprint density at radius 3 is 2.92 bits per heavy atom. The van der Waals surface area contributed by atoms with Crippen molar-refractivity contribution in [2.45, 2.75) is 50.5 Å². The Bertz CT molecular complexity index is 838. The van der Waals surface area contributed by atoms with Crippen LogP contribution >= 0.6 is 0 Å². The van der Waals surface area contributed by atoms with Crippen LogP contribution in [0.1, 0.15) is 54.5 Å². The third-order valence-corrected chi connectivity index (χ3v) is 6.79. The lowest BCUT2D eigenvalue weighted by molar-refractivity contribution is 0.358. The Balaban J connectivity index is 1.44. The summed E-state index contributed by atoms with van der Waals surface area (Å²) in [7, 11) is 0. The van der Waals surface area contributed by atoms with Crippen LogP contribution in [-0.4, -0.2) is 29.6 Å². The number of anilines is 2. The Morgan fingerprint density at radius 1 is 1.27 bits per heavy atom. The van der Waals surface area contributed by atoms with Gasteiger partial charge in [-0.25, -0.2) is 9.97 Å². The van der Waals surface area contributed by atoms with Gasteiger partial charge >= 0.3 is 0 Å². The molecule has 1 aromatic carbocycles. The van der Waals surface area contributed by atoms with Gasteiger partial charge in [-0.05, 0) is 48.8 Å². The number of hydrogen-bond acceptors (Lipinski definition) is 5. The average molecular weight is 349 g/mol. The second-order valence-corrected chi connectivity index (χ2v) is 8.16. The summed E-state index contributed by atoms with van der Waals surface area (Å²) in [6.45, 7) is 6.07. The number of fused-ring (bicyclic) bond motifs is 3. The molecule has 3 heterocycles. The van der Waals surface area contributed by atoms with E-state index in [-0.39, 0.29) is 5.41 Å². The minimum absolute atomic E-state index is 0.226. The Morgan fingerprint density at radius 2 is 2.12 bits per heavy atom. The van der Waals surface area contributed by atoms with Crippen LogP contribution in [0.4, 0.5) is 11.5 Å². The van der Waals surface area contributed by atoms with Crippen LogP contribution in [0.5, 0.6) is 0 Å². The maximum atomic E-state index is 6.05. The number of benzene rings is 1. The first kappa shape index (κ1) is 16.1. The van der Waals surface area contributed by atoms with E-state index >= 15 is 0 Å². The van der Waals surface area contributed by atoms with Crippen molar-refractivity contribution in [1.82, 2.24) is 9.97 Å². The van der Waals surface area contributed by atoms with Gasteiger partial charge in [0.25, 0.3) is 0 Å². The third kappa shape index (κ3) is 2.26. The molecule has 2 aromatic rings. The van der Waals surface area contributed by atoms with Gasteiger partial charge in [0.15, 0.2) is 0 Å². The normalized spacial score (nSPS) is 23.0. The molecule has 0 bridgehead atoms. The Hall–Kier alpha value is -2.14. The first-order valence-corrected chi connectivity index (χ1v) is 9.87.